The summed E-state index contributed by atoms with van der Waals surface area (Å²) in [6, 6.07) is 0. The van der Waals surface area contributed by atoms with Gasteiger partial charge >= 0.3 is 33.3 Å². The number of hydrogen-bond donors (Lipinski definition) is 0. The van der Waals surface area contributed by atoms with Crippen LogP contribution < -0.4 is 0 Å². The molecule has 0 rings (SSSR count). The smallest absolute Gasteiger partial charge is 0.870 e. The van der Waals surface area contributed by atoms with Crippen molar-refractivity contribution < 1.29 is 60.7 Å². The van der Waals surface area contributed by atoms with Crippen LogP contribution in [0, 0.1) is 0 Å². The van der Waals surface area contributed by atoms with Crippen LogP contribution in [0.25, 0.3) is 0 Å². The summed E-state index contributed by atoms with van der Waals surface area (Å²) in [5.74, 6) is 0. The van der Waals surface area contributed by atoms with Crippen molar-refractivity contribution in [3.63, 3.8) is 0 Å². The van der Waals surface area contributed by atoms with Gasteiger partial charge < -0.3 is 27.4 Å². The van der Waals surface area contributed by atoms with E-state index in [0.29, 0.717) is 0 Å². The minimum absolute atomic E-state index is 0. The Morgan fingerprint density at radius 1 is 0.571 bits per heavy atom. The fourth-order valence-electron chi connectivity index (χ4n) is 0. The van der Waals surface area contributed by atoms with Crippen molar-refractivity contribution in [2.24, 2.45) is 0 Å². The van der Waals surface area contributed by atoms with Gasteiger partial charge in [-0.3, -0.25) is 0 Å². The fourth-order valence-corrected chi connectivity index (χ4v) is 0. The molecule has 0 bridgehead atoms. The van der Waals surface area contributed by atoms with Gasteiger partial charge in [-0.25, -0.2) is 0 Å². The van der Waals surface area contributed by atoms with Crippen LogP contribution in [0.1, 0.15) is 0 Å². The minimum Gasteiger partial charge on any atom is -0.870 e. The Balaban J connectivity index is 0. The molecular formula is H6CoNiO5. The van der Waals surface area contributed by atoms with Gasteiger partial charge in [0, 0.05) is 0 Å². The Bertz CT molecular complexity index is 8.04. The molecule has 7 heteroatoms. The third-order valence-electron chi connectivity index (χ3n) is 0. The molecule has 0 aliphatic carbocycles. The first-order chi connectivity index (χ1) is 0. The van der Waals surface area contributed by atoms with Crippen molar-refractivity contribution >= 4 is 0 Å². The second-order valence-electron chi connectivity index (χ2n) is 0. The molecule has 0 amide bonds. The molecule has 1 radical (unpaired) electrons. The van der Waals surface area contributed by atoms with E-state index in [2.05, 4.69) is 0 Å². The zero-order valence-corrected chi connectivity index (χ0v) is 4.97. The minimum atomic E-state index is 0. The van der Waals surface area contributed by atoms with Gasteiger partial charge in [-0.15, -0.1) is 0 Å². The monoisotopic (exact) mass is 203 g/mol. The zero-order valence-electron chi connectivity index (χ0n) is 2.94. The summed E-state index contributed by atoms with van der Waals surface area (Å²) in [6.07, 6.45) is 0. The first-order valence-corrected chi connectivity index (χ1v) is 0. The molecule has 0 spiro atoms. The van der Waals surface area contributed by atoms with E-state index in [1.54, 1.807) is 0 Å². The number of rotatable bonds is 0. The van der Waals surface area contributed by atoms with Gasteiger partial charge in [-0.2, -0.15) is 0 Å². The van der Waals surface area contributed by atoms with Gasteiger partial charge in [-0.05, 0) is 0 Å². The summed E-state index contributed by atoms with van der Waals surface area (Å²) < 4.78 is 0. The van der Waals surface area contributed by atoms with Crippen LogP contribution in [0.4, 0.5) is 0 Å². The SMILES string of the molecule is O.[Co+2].[Ni+2].[OH-].[OH-].[OH-].[OH-]. The second-order valence-corrected chi connectivity index (χ2v) is 0. The summed E-state index contributed by atoms with van der Waals surface area (Å²) in [5.41, 5.74) is 0. The average molecular weight is 204 g/mol. The molecule has 0 aromatic rings. The molecule has 0 aromatic carbocycles. The Kier molecular flexibility index (Phi) is 28800. The maximum absolute atomic E-state index is 0. The van der Waals surface area contributed by atoms with Crippen molar-refractivity contribution in [3.8, 4) is 0 Å². The van der Waals surface area contributed by atoms with E-state index in [0.717, 1.165) is 0 Å². The van der Waals surface area contributed by atoms with Gasteiger partial charge in [0.1, 0.15) is 0 Å². The van der Waals surface area contributed by atoms with E-state index in [4.69, 9.17) is 0 Å². The molecule has 0 saturated heterocycles. The first-order valence-electron chi connectivity index (χ1n) is 0. The zero-order chi connectivity index (χ0) is 0. The van der Waals surface area contributed by atoms with Crippen LogP contribution in [0.5, 0.6) is 0 Å². The molecular weight excluding hydrogens is 198 g/mol. The van der Waals surface area contributed by atoms with Crippen LogP contribution in [0.2, 0.25) is 0 Å². The standard InChI is InChI=1S/Co.Ni.5H2O/h;;5*1H2/q2*+2;;;;;/p-4. The molecule has 0 fully saturated rings. The maximum Gasteiger partial charge on any atom is 2.00 e. The molecule has 7 heavy (non-hydrogen) atoms. The maximum atomic E-state index is 0. The van der Waals surface area contributed by atoms with Gasteiger partial charge in [0.25, 0.3) is 0 Å². The Labute approximate surface area is 61.1 Å². The molecule has 0 aliphatic rings. The summed E-state index contributed by atoms with van der Waals surface area (Å²) in [7, 11) is 0. The van der Waals surface area contributed by atoms with Gasteiger partial charge in [-0.1, -0.05) is 0 Å². The third-order valence-corrected chi connectivity index (χ3v) is 0. The molecule has 0 heterocycles. The van der Waals surface area contributed by atoms with Crippen molar-refractivity contribution in [2.75, 3.05) is 0 Å². The van der Waals surface area contributed by atoms with Gasteiger partial charge in [0.15, 0.2) is 0 Å². The van der Waals surface area contributed by atoms with E-state index in [-0.39, 0.29) is 60.7 Å². The summed E-state index contributed by atoms with van der Waals surface area (Å²) in [4.78, 5) is 0. The molecule has 0 aromatic heterocycles. The van der Waals surface area contributed by atoms with E-state index >= 15 is 0 Å². The Morgan fingerprint density at radius 2 is 0.571 bits per heavy atom. The molecule has 0 unspecified atom stereocenters. The molecule has 0 atom stereocenters. The molecule has 55 valence electrons. The Hall–Kier alpha value is 0.800. The van der Waals surface area contributed by atoms with Crippen molar-refractivity contribution in [1.82, 2.24) is 0 Å². The second kappa shape index (κ2) is 357. The van der Waals surface area contributed by atoms with Crippen molar-refractivity contribution in [1.29, 1.82) is 0 Å². The van der Waals surface area contributed by atoms with Crippen LogP contribution in [-0.2, 0) is 33.3 Å². The topological polar surface area (TPSA) is 152 Å². The van der Waals surface area contributed by atoms with E-state index in [1.807, 2.05) is 0 Å². The summed E-state index contributed by atoms with van der Waals surface area (Å²) in [6.45, 7) is 0. The van der Waals surface area contributed by atoms with Crippen LogP contribution in [0.3, 0.4) is 0 Å². The van der Waals surface area contributed by atoms with E-state index in [1.165, 1.54) is 0 Å². The third kappa shape index (κ3) is 245. The predicted octanol–water partition coefficient (Wildman–Crippen LogP) is -1.54. The first kappa shape index (κ1) is 564. The van der Waals surface area contributed by atoms with Crippen LogP contribution in [0.15, 0.2) is 0 Å². The van der Waals surface area contributed by atoms with Gasteiger partial charge in [0.2, 0.25) is 0 Å². The number of hydrogen-bond acceptors (Lipinski definition) is 4. The van der Waals surface area contributed by atoms with Gasteiger partial charge in [0.05, 0.1) is 0 Å². The largest absolute Gasteiger partial charge is 2.00 e. The molecule has 0 saturated carbocycles. The van der Waals surface area contributed by atoms with E-state index < -0.39 is 0 Å². The Morgan fingerprint density at radius 3 is 0.571 bits per heavy atom. The predicted molar refractivity (Wildman–Crippen MR) is 11.4 cm³/mol. The normalized spacial score (nSPS) is 0. The molecule has 5 nitrogen and oxygen atoms in total. The van der Waals surface area contributed by atoms with Crippen LogP contribution >= 0.6 is 0 Å². The molecule has 0 aliphatic heterocycles. The average Bonchev–Trinajstić information content (AvgIpc) is 0. The molecule has 6 N–H and O–H groups in total. The quantitative estimate of drug-likeness (QED) is 0.438. The van der Waals surface area contributed by atoms with E-state index in [9.17, 15) is 0 Å². The summed E-state index contributed by atoms with van der Waals surface area (Å²) in [5, 5.41) is 0. The fraction of sp³-hybridized carbons (Fsp3) is 0. The van der Waals surface area contributed by atoms with Crippen LogP contribution in [-0.4, -0.2) is 27.4 Å². The van der Waals surface area contributed by atoms with Crippen molar-refractivity contribution in [2.45, 2.75) is 0 Å². The summed E-state index contributed by atoms with van der Waals surface area (Å²) >= 11 is 0. The van der Waals surface area contributed by atoms with Crippen molar-refractivity contribution in [3.05, 3.63) is 0 Å².